The van der Waals surface area contributed by atoms with Gasteiger partial charge in [0.2, 0.25) is 0 Å². The zero-order valence-corrected chi connectivity index (χ0v) is 12.1. The highest BCUT2D eigenvalue weighted by Gasteiger charge is 2.34. The number of phenolic OH excluding ortho intramolecular Hbond substituents is 1. The minimum absolute atomic E-state index is 0.370. The first-order chi connectivity index (χ1) is 8.38. The zero-order chi connectivity index (χ0) is 13.3. The molecule has 3 unspecified atom stereocenters. The lowest BCUT2D eigenvalue weighted by atomic mass is 9.65. The van der Waals surface area contributed by atoms with Crippen LogP contribution in [0.15, 0.2) is 24.3 Å². The minimum atomic E-state index is 0.370. The van der Waals surface area contributed by atoms with Crippen LogP contribution in [0.1, 0.15) is 58.4 Å². The van der Waals surface area contributed by atoms with Crippen LogP contribution in [0.25, 0.3) is 0 Å². The van der Waals surface area contributed by atoms with Gasteiger partial charge >= 0.3 is 0 Å². The molecular formula is C17H26O. The second-order valence-corrected chi connectivity index (χ2v) is 7.05. The van der Waals surface area contributed by atoms with Crippen LogP contribution in [0.2, 0.25) is 0 Å². The second-order valence-electron chi connectivity index (χ2n) is 7.05. The van der Waals surface area contributed by atoms with Crippen LogP contribution in [0, 0.1) is 17.3 Å². The number of benzene rings is 1. The van der Waals surface area contributed by atoms with Gasteiger partial charge in [-0.2, -0.15) is 0 Å². The van der Waals surface area contributed by atoms with Crippen molar-refractivity contribution >= 4 is 0 Å². The summed E-state index contributed by atoms with van der Waals surface area (Å²) in [6.07, 6.45) is 3.95. The Morgan fingerprint density at radius 2 is 1.67 bits per heavy atom. The monoisotopic (exact) mass is 246 g/mol. The lowest BCUT2D eigenvalue weighted by Gasteiger charge is -2.41. The van der Waals surface area contributed by atoms with Crippen LogP contribution in [0.4, 0.5) is 0 Å². The molecule has 1 aliphatic carbocycles. The average Bonchev–Trinajstić information content (AvgIpc) is 2.29. The van der Waals surface area contributed by atoms with Crippen LogP contribution >= 0.6 is 0 Å². The molecule has 1 N–H and O–H groups in total. The second kappa shape index (κ2) is 4.95. The molecule has 100 valence electrons. The predicted octanol–water partition coefficient (Wildman–Crippen LogP) is 4.96. The fourth-order valence-corrected chi connectivity index (χ4v) is 3.40. The third-order valence-electron chi connectivity index (χ3n) is 4.72. The van der Waals surface area contributed by atoms with Crippen molar-refractivity contribution in [3.05, 3.63) is 29.8 Å². The summed E-state index contributed by atoms with van der Waals surface area (Å²) in [7, 11) is 0. The Kier molecular flexibility index (Phi) is 3.70. The maximum atomic E-state index is 9.37. The van der Waals surface area contributed by atoms with E-state index in [1.165, 1.54) is 24.8 Å². The van der Waals surface area contributed by atoms with Gasteiger partial charge in [0.15, 0.2) is 0 Å². The van der Waals surface area contributed by atoms with Crippen molar-refractivity contribution in [1.29, 1.82) is 0 Å². The maximum Gasteiger partial charge on any atom is 0.115 e. The Morgan fingerprint density at radius 1 is 1.06 bits per heavy atom. The van der Waals surface area contributed by atoms with Crippen LogP contribution in [0.5, 0.6) is 5.75 Å². The van der Waals surface area contributed by atoms with Crippen molar-refractivity contribution in [3.63, 3.8) is 0 Å². The molecule has 1 aromatic carbocycles. The summed E-state index contributed by atoms with van der Waals surface area (Å²) in [5.41, 5.74) is 1.83. The molecule has 0 bridgehead atoms. The maximum absolute atomic E-state index is 9.37. The Bertz CT molecular complexity index is 385. The van der Waals surface area contributed by atoms with Gasteiger partial charge in [0.25, 0.3) is 0 Å². The summed E-state index contributed by atoms with van der Waals surface area (Å²) in [6, 6.07) is 7.82. The Hall–Kier alpha value is -0.980. The van der Waals surface area contributed by atoms with Crippen molar-refractivity contribution in [1.82, 2.24) is 0 Å². The highest BCUT2D eigenvalue weighted by atomic mass is 16.3. The van der Waals surface area contributed by atoms with E-state index in [4.69, 9.17) is 0 Å². The molecule has 0 spiro atoms. The first kappa shape index (κ1) is 13.5. The van der Waals surface area contributed by atoms with Gasteiger partial charge in [0.1, 0.15) is 5.75 Å². The van der Waals surface area contributed by atoms with Crippen LogP contribution < -0.4 is 0 Å². The van der Waals surface area contributed by atoms with Gasteiger partial charge < -0.3 is 5.11 Å². The summed E-state index contributed by atoms with van der Waals surface area (Å²) in [4.78, 5) is 0. The summed E-state index contributed by atoms with van der Waals surface area (Å²) in [5.74, 6) is 2.63. The van der Waals surface area contributed by atoms with E-state index >= 15 is 0 Å². The topological polar surface area (TPSA) is 20.2 Å². The molecule has 18 heavy (non-hydrogen) atoms. The Morgan fingerprint density at radius 3 is 2.17 bits per heavy atom. The predicted molar refractivity (Wildman–Crippen MR) is 76.8 cm³/mol. The molecule has 1 aromatic rings. The standard InChI is InChI=1S/C17H26O/c1-12-11-14(17(2,3)4)7-10-16(12)13-5-8-15(18)9-6-13/h5-6,8-9,12,14,16,18H,7,10-11H2,1-4H3. The van der Waals surface area contributed by atoms with Gasteiger partial charge in [0, 0.05) is 0 Å². The molecule has 1 fully saturated rings. The number of aromatic hydroxyl groups is 1. The quantitative estimate of drug-likeness (QED) is 0.742. The average molecular weight is 246 g/mol. The van der Waals surface area contributed by atoms with E-state index in [0.717, 1.165) is 11.8 Å². The molecule has 1 nitrogen and oxygen atoms in total. The fourth-order valence-electron chi connectivity index (χ4n) is 3.40. The molecule has 0 amide bonds. The molecule has 0 aliphatic heterocycles. The minimum Gasteiger partial charge on any atom is -0.508 e. The molecular weight excluding hydrogens is 220 g/mol. The van der Waals surface area contributed by atoms with E-state index in [0.29, 0.717) is 17.1 Å². The summed E-state index contributed by atoms with van der Waals surface area (Å²) >= 11 is 0. The molecule has 0 saturated heterocycles. The van der Waals surface area contributed by atoms with Crippen molar-refractivity contribution in [3.8, 4) is 5.75 Å². The summed E-state index contributed by atoms with van der Waals surface area (Å²) in [5, 5.41) is 9.37. The van der Waals surface area contributed by atoms with Gasteiger partial charge in [-0.15, -0.1) is 0 Å². The van der Waals surface area contributed by atoms with Gasteiger partial charge in [0.05, 0.1) is 0 Å². The number of hydrogen-bond donors (Lipinski definition) is 1. The SMILES string of the molecule is CC1CC(C(C)(C)C)CCC1c1ccc(O)cc1. The molecule has 0 heterocycles. The molecule has 1 heteroatoms. The van der Waals surface area contributed by atoms with Gasteiger partial charge in [-0.1, -0.05) is 39.8 Å². The fraction of sp³-hybridized carbons (Fsp3) is 0.647. The zero-order valence-electron chi connectivity index (χ0n) is 12.1. The number of phenols is 1. The van der Waals surface area contributed by atoms with Crippen LogP contribution in [-0.4, -0.2) is 5.11 Å². The Balaban J connectivity index is 2.08. The summed E-state index contributed by atoms with van der Waals surface area (Å²) in [6.45, 7) is 9.48. The van der Waals surface area contributed by atoms with Gasteiger partial charge in [-0.3, -0.25) is 0 Å². The smallest absolute Gasteiger partial charge is 0.115 e. The first-order valence-electron chi connectivity index (χ1n) is 7.17. The molecule has 0 aromatic heterocycles. The third kappa shape index (κ3) is 2.88. The van der Waals surface area contributed by atoms with E-state index < -0.39 is 0 Å². The normalized spacial score (nSPS) is 29.2. The number of hydrogen-bond acceptors (Lipinski definition) is 1. The van der Waals surface area contributed by atoms with E-state index in [-0.39, 0.29) is 0 Å². The van der Waals surface area contributed by atoms with Crippen molar-refractivity contribution < 1.29 is 5.11 Å². The van der Waals surface area contributed by atoms with Crippen molar-refractivity contribution in [2.75, 3.05) is 0 Å². The lowest BCUT2D eigenvalue weighted by molar-refractivity contribution is 0.133. The highest BCUT2D eigenvalue weighted by molar-refractivity contribution is 5.29. The van der Waals surface area contributed by atoms with E-state index in [1.54, 1.807) is 0 Å². The molecule has 1 saturated carbocycles. The van der Waals surface area contributed by atoms with Gasteiger partial charge in [-0.25, -0.2) is 0 Å². The van der Waals surface area contributed by atoms with Crippen molar-refractivity contribution in [2.45, 2.75) is 52.9 Å². The highest BCUT2D eigenvalue weighted by Crippen LogP contribution is 2.46. The van der Waals surface area contributed by atoms with Crippen LogP contribution in [-0.2, 0) is 0 Å². The summed E-state index contributed by atoms with van der Waals surface area (Å²) < 4.78 is 0. The number of rotatable bonds is 1. The van der Waals surface area contributed by atoms with E-state index in [1.807, 2.05) is 12.1 Å². The van der Waals surface area contributed by atoms with Crippen LogP contribution in [0.3, 0.4) is 0 Å². The van der Waals surface area contributed by atoms with Crippen molar-refractivity contribution in [2.24, 2.45) is 17.3 Å². The van der Waals surface area contributed by atoms with E-state index in [9.17, 15) is 5.11 Å². The molecule has 0 radical (unpaired) electrons. The third-order valence-corrected chi connectivity index (χ3v) is 4.72. The lowest BCUT2D eigenvalue weighted by Crippen LogP contribution is -2.29. The Labute approximate surface area is 111 Å². The van der Waals surface area contributed by atoms with E-state index in [2.05, 4.69) is 39.8 Å². The van der Waals surface area contributed by atoms with Gasteiger partial charge in [-0.05, 0) is 60.1 Å². The largest absolute Gasteiger partial charge is 0.508 e. The molecule has 2 rings (SSSR count). The first-order valence-corrected chi connectivity index (χ1v) is 7.17. The molecule has 1 aliphatic rings. The molecule has 3 atom stereocenters.